The van der Waals surface area contributed by atoms with E-state index in [-0.39, 0.29) is 11.4 Å². The monoisotopic (exact) mass is 326 g/mol. The average molecular weight is 326 g/mol. The van der Waals surface area contributed by atoms with Gasteiger partial charge in [0.05, 0.1) is 18.4 Å². The van der Waals surface area contributed by atoms with Crippen molar-refractivity contribution in [2.24, 2.45) is 0 Å². The molecule has 1 spiro atoms. The van der Waals surface area contributed by atoms with Crippen LogP contribution in [0.3, 0.4) is 0 Å². The van der Waals surface area contributed by atoms with Gasteiger partial charge in [0.1, 0.15) is 5.82 Å². The molecule has 1 aromatic heterocycles. The normalized spacial score (nSPS) is 23.6. The van der Waals surface area contributed by atoms with E-state index in [2.05, 4.69) is 40.2 Å². The fraction of sp³-hybridized carbons (Fsp3) is 0.450. The van der Waals surface area contributed by atoms with Crippen molar-refractivity contribution in [2.45, 2.75) is 37.3 Å². The Morgan fingerprint density at radius 1 is 1.17 bits per heavy atom. The molecule has 3 heterocycles. The number of likely N-dealkylation sites (tertiary alicyclic amines) is 1. The van der Waals surface area contributed by atoms with E-state index in [1.54, 1.807) is 12.3 Å². The maximum absolute atomic E-state index is 13.8. The van der Waals surface area contributed by atoms with Crippen LogP contribution in [0, 0.1) is 5.82 Å². The highest BCUT2D eigenvalue weighted by molar-refractivity contribution is 5.22. The summed E-state index contributed by atoms with van der Waals surface area (Å²) in [6, 6.07) is 12.4. The quantitative estimate of drug-likeness (QED) is 0.859. The summed E-state index contributed by atoms with van der Waals surface area (Å²) < 4.78 is 20.0. The Morgan fingerprint density at radius 2 is 1.96 bits per heavy atom. The molecule has 2 aromatic rings. The lowest BCUT2D eigenvalue weighted by atomic mass is 9.83. The van der Waals surface area contributed by atoms with Gasteiger partial charge >= 0.3 is 0 Å². The third-order valence-corrected chi connectivity index (χ3v) is 5.50. The summed E-state index contributed by atoms with van der Waals surface area (Å²) in [7, 11) is 0. The zero-order valence-electron chi connectivity index (χ0n) is 13.8. The lowest BCUT2D eigenvalue weighted by Crippen LogP contribution is -2.43. The van der Waals surface area contributed by atoms with Crippen molar-refractivity contribution in [2.75, 3.05) is 19.7 Å². The molecule has 126 valence electrons. The molecule has 2 fully saturated rings. The summed E-state index contributed by atoms with van der Waals surface area (Å²) >= 11 is 0. The number of hydrogen-bond acceptors (Lipinski definition) is 3. The summed E-state index contributed by atoms with van der Waals surface area (Å²) in [5.74, 6) is 0.300. The van der Waals surface area contributed by atoms with Gasteiger partial charge in [-0.2, -0.15) is 0 Å². The van der Waals surface area contributed by atoms with Crippen molar-refractivity contribution >= 4 is 0 Å². The Labute approximate surface area is 142 Å². The number of pyridine rings is 1. The molecular weight excluding hydrogens is 303 g/mol. The van der Waals surface area contributed by atoms with Crippen molar-refractivity contribution in [3.8, 4) is 0 Å². The van der Waals surface area contributed by atoms with Crippen LogP contribution in [0.4, 0.5) is 4.39 Å². The van der Waals surface area contributed by atoms with Gasteiger partial charge in [-0.15, -0.1) is 0 Å². The van der Waals surface area contributed by atoms with Gasteiger partial charge < -0.3 is 4.74 Å². The first-order valence-corrected chi connectivity index (χ1v) is 8.74. The maximum atomic E-state index is 13.8. The molecule has 4 rings (SSSR count). The highest BCUT2D eigenvalue weighted by atomic mass is 19.1. The second-order valence-electron chi connectivity index (χ2n) is 7.05. The molecule has 0 radical (unpaired) electrons. The van der Waals surface area contributed by atoms with Gasteiger partial charge in [0, 0.05) is 37.3 Å². The number of aromatic nitrogens is 1. The van der Waals surface area contributed by atoms with E-state index in [9.17, 15) is 4.39 Å². The SMILES string of the molecule is Fc1cnccc1CN1CCC2(CC1)C[C@H](c1ccccc1)CO2. The van der Waals surface area contributed by atoms with Crippen LogP contribution >= 0.6 is 0 Å². The third-order valence-electron chi connectivity index (χ3n) is 5.50. The van der Waals surface area contributed by atoms with Gasteiger partial charge in [-0.3, -0.25) is 9.88 Å². The van der Waals surface area contributed by atoms with Crippen LogP contribution in [0.2, 0.25) is 0 Å². The van der Waals surface area contributed by atoms with Gasteiger partial charge in [-0.25, -0.2) is 4.39 Å². The molecule has 2 aliphatic heterocycles. The highest BCUT2D eigenvalue weighted by Crippen LogP contribution is 2.42. The Morgan fingerprint density at radius 3 is 2.71 bits per heavy atom. The summed E-state index contributed by atoms with van der Waals surface area (Å²) in [4.78, 5) is 6.14. The fourth-order valence-electron chi connectivity index (χ4n) is 4.02. The van der Waals surface area contributed by atoms with E-state index >= 15 is 0 Å². The lowest BCUT2D eigenvalue weighted by Gasteiger charge is -2.38. The molecule has 0 unspecified atom stereocenters. The molecule has 0 aliphatic carbocycles. The van der Waals surface area contributed by atoms with Crippen molar-refractivity contribution < 1.29 is 9.13 Å². The molecule has 2 aliphatic rings. The van der Waals surface area contributed by atoms with E-state index in [0.29, 0.717) is 12.5 Å². The lowest BCUT2D eigenvalue weighted by molar-refractivity contribution is -0.0449. The Hall–Kier alpha value is -1.78. The highest BCUT2D eigenvalue weighted by Gasteiger charge is 2.42. The van der Waals surface area contributed by atoms with Crippen molar-refractivity contribution in [1.29, 1.82) is 0 Å². The van der Waals surface area contributed by atoms with Crippen LogP contribution in [0.25, 0.3) is 0 Å². The minimum Gasteiger partial charge on any atom is -0.374 e. The van der Waals surface area contributed by atoms with E-state index in [1.807, 2.05) is 0 Å². The number of ether oxygens (including phenoxy) is 1. The van der Waals surface area contributed by atoms with E-state index in [1.165, 1.54) is 11.8 Å². The Balaban J connectivity index is 1.36. The number of halogens is 1. The topological polar surface area (TPSA) is 25.4 Å². The van der Waals surface area contributed by atoms with Crippen LogP contribution < -0.4 is 0 Å². The second-order valence-corrected chi connectivity index (χ2v) is 7.05. The summed E-state index contributed by atoms with van der Waals surface area (Å²) in [5.41, 5.74) is 2.14. The molecule has 4 heteroatoms. The fourth-order valence-corrected chi connectivity index (χ4v) is 4.02. The molecule has 0 N–H and O–H groups in total. The van der Waals surface area contributed by atoms with Crippen LogP contribution in [0.15, 0.2) is 48.8 Å². The Bertz CT molecular complexity index is 683. The van der Waals surface area contributed by atoms with Crippen LogP contribution in [0.5, 0.6) is 0 Å². The zero-order valence-corrected chi connectivity index (χ0v) is 13.8. The molecule has 2 saturated heterocycles. The molecular formula is C20H23FN2O. The summed E-state index contributed by atoms with van der Waals surface area (Å²) in [5, 5.41) is 0. The number of hydrogen-bond donors (Lipinski definition) is 0. The molecule has 1 atom stereocenters. The van der Waals surface area contributed by atoms with Gasteiger partial charge in [-0.1, -0.05) is 30.3 Å². The standard InChI is InChI=1S/C20H23FN2O/c21-19-13-22-9-6-17(19)14-23-10-7-20(8-11-23)12-18(15-24-20)16-4-2-1-3-5-16/h1-6,9,13,18H,7-8,10-12,14-15H2/t18-/m0/s1. The molecule has 0 amide bonds. The largest absolute Gasteiger partial charge is 0.374 e. The number of nitrogens with zero attached hydrogens (tertiary/aromatic N) is 2. The first-order valence-electron chi connectivity index (χ1n) is 8.74. The number of piperidine rings is 1. The van der Waals surface area contributed by atoms with Crippen molar-refractivity contribution in [1.82, 2.24) is 9.88 Å². The minimum atomic E-state index is -0.209. The van der Waals surface area contributed by atoms with Gasteiger partial charge in [-0.05, 0) is 30.9 Å². The van der Waals surface area contributed by atoms with Crippen LogP contribution in [-0.4, -0.2) is 35.2 Å². The molecule has 0 saturated carbocycles. The molecule has 24 heavy (non-hydrogen) atoms. The smallest absolute Gasteiger partial charge is 0.145 e. The van der Waals surface area contributed by atoms with E-state index in [4.69, 9.17) is 4.74 Å². The van der Waals surface area contributed by atoms with Gasteiger partial charge in [0.15, 0.2) is 0 Å². The number of rotatable bonds is 3. The average Bonchev–Trinajstić information content (AvgIpc) is 3.04. The third kappa shape index (κ3) is 3.21. The first kappa shape index (κ1) is 15.7. The van der Waals surface area contributed by atoms with E-state index in [0.717, 1.165) is 44.5 Å². The zero-order chi connectivity index (χ0) is 16.4. The van der Waals surface area contributed by atoms with Crippen molar-refractivity contribution in [3.63, 3.8) is 0 Å². The second kappa shape index (κ2) is 6.61. The molecule has 3 nitrogen and oxygen atoms in total. The first-order chi connectivity index (χ1) is 11.7. The summed E-state index contributed by atoms with van der Waals surface area (Å²) in [6.07, 6.45) is 6.13. The molecule has 1 aromatic carbocycles. The Kier molecular flexibility index (Phi) is 4.33. The summed E-state index contributed by atoms with van der Waals surface area (Å²) in [6.45, 7) is 3.40. The van der Waals surface area contributed by atoms with Crippen molar-refractivity contribution in [3.05, 3.63) is 65.7 Å². The maximum Gasteiger partial charge on any atom is 0.145 e. The van der Waals surface area contributed by atoms with Crippen LogP contribution in [0.1, 0.15) is 36.3 Å². The minimum absolute atomic E-state index is 0.0216. The van der Waals surface area contributed by atoms with Crippen LogP contribution in [-0.2, 0) is 11.3 Å². The molecule has 0 bridgehead atoms. The van der Waals surface area contributed by atoms with Gasteiger partial charge in [0.25, 0.3) is 0 Å². The van der Waals surface area contributed by atoms with Gasteiger partial charge in [0.2, 0.25) is 0 Å². The predicted octanol–water partition coefficient (Wildman–Crippen LogP) is 3.76. The number of benzene rings is 1. The predicted molar refractivity (Wildman–Crippen MR) is 91.2 cm³/mol. The van der Waals surface area contributed by atoms with E-state index < -0.39 is 0 Å².